The molecule has 0 heterocycles. The van der Waals surface area contributed by atoms with Gasteiger partial charge < -0.3 is 69.1 Å². The van der Waals surface area contributed by atoms with E-state index in [0.717, 1.165) is 6.92 Å². The van der Waals surface area contributed by atoms with Crippen LogP contribution >= 0.6 is 0 Å². The molecule has 0 aromatic carbocycles. The second kappa shape index (κ2) is 21.8. The molecule has 7 atom stereocenters. The van der Waals surface area contributed by atoms with Crippen molar-refractivity contribution in [3.63, 3.8) is 0 Å². The lowest BCUT2D eigenvalue weighted by atomic mass is 9.99. The second-order valence-corrected chi connectivity index (χ2v) is 10.5. The number of amides is 8. The summed E-state index contributed by atoms with van der Waals surface area (Å²) in [4.78, 5) is 108. The fourth-order valence-electron chi connectivity index (χ4n) is 3.53. The van der Waals surface area contributed by atoms with E-state index >= 15 is 0 Å². The first-order valence-electron chi connectivity index (χ1n) is 14.6. The molecule has 0 unspecified atom stereocenters. The number of nitrogens with one attached hydrogen (secondary N) is 7. The van der Waals surface area contributed by atoms with Gasteiger partial charge in [0.05, 0.1) is 51.4 Å². The number of carboxylic acids is 1. The van der Waals surface area contributed by atoms with Gasteiger partial charge in [-0.3, -0.25) is 38.4 Å². The number of aliphatic carboxylic acids is 1. The van der Waals surface area contributed by atoms with Crippen molar-refractivity contribution < 1.29 is 63.6 Å². The van der Waals surface area contributed by atoms with Gasteiger partial charge in [-0.1, -0.05) is 20.3 Å². The van der Waals surface area contributed by atoms with E-state index in [1.165, 1.54) is 0 Å². The number of nitrogens with two attached hydrogens (primary N) is 2. The topological polar surface area (TPSA) is 371 Å². The summed E-state index contributed by atoms with van der Waals surface area (Å²) in [5, 5.41) is 52.2. The van der Waals surface area contributed by atoms with Crippen molar-refractivity contribution in [3.8, 4) is 0 Å². The fourth-order valence-corrected chi connectivity index (χ4v) is 3.53. The number of aliphatic hydroxyl groups excluding tert-OH is 3. The van der Waals surface area contributed by atoms with Crippen LogP contribution in [0.5, 0.6) is 0 Å². The van der Waals surface area contributed by atoms with Crippen LogP contribution in [-0.4, -0.2) is 143 Å². The number of aliphatic hydroxyl groups is 3. The molecule has 15 N–H and O–H groups in total. The van der Waals surface area contributed by atoms with Crippen LogP contribution in [0.1, 0.15) is 33.6 Å². The molecule has 22 heteroatoms. The maximum Gasteiger partial charge on any atom is 0.328 e. The van der Waals surface area contributed by atoms with Crippen molar-refractivity contribution in [2.45, 2.75) is 69.9 Å². The van der Waals surface area contributed by atoms with Gasteiger partial charge in [-0.25, -0.2) is 4.79 Å². The standard InChI is InChI=1S/C26H45N9O13/c1-4-11(2)20(28)25(46)34-15(10-37)23(44)31-8-19(42)33-14(9-36)22(43)30-6-17(40)29-7-18(41)32-13(5-16(27)39)24(45)35-21(12(3)38)26(47)48/h11-15,20-21,36-38H,4-10,28H2,1-3H3,(H2,27,39)(H,29,40)(H,30,43)(H,31,44)(H,32,41)(H,33,42)(H,34,46)(H,35,45)(H,47,48)/t11-,12+,13-,14-,15-,20-,21-/m0/s1. The molecule has 0 rings (SSSR count). The fraction of sp³-hybridized carbons (Fsp3) is 0.654. The number of hydrogen-bond donors (Lipinski definition) is 13. The lowest BCUT2D eigenvalue weighted by Gasteiger charge is -2.22. The molecule has 0 spiro atoms. The summed E-state index contributed by atoms with van der Waals surface area (Å²) in [6.45, 7) is 0.604. The van der Waals surface area contributed by atoms with Crippen LogP contribution < -0.4 is 48.7 Å². The molecule has 0 bridgehead atoms. The first-order chi connectivity index (χ1) is 22.4. The summed E-state index contributed by atoms with van der Waals surface area (Å²) in [7, 11) is 0. The zero-order valence-corrected chi connectivity index (χ0v) is 26.6. The summed E-state index contributed by atoms with van der Waals surface area (Å²) >= 11 is 0. The summed E-state index contributed by atoms with van der Waals surface area (Å²) in [5.74, 6) is -9.61. The minimum atomic E-state index is -1.77. The Bertz CT molecular complexity index is 1180. The van der Waals surface area contributed by atoms with Gasteiger partial charge >= 0.3 is 5.97 Å². The minimum Gasteiger partial charge on any atom is -0.480 e. The maximum atomic E-state index is 12.4. The van der Waals surface area contributed by atoms with Crippen LogP contribution in [0.4, 0.5) is 0 Å². The Hall–Kier alpha value is -4.93. The first kappa shape index (κ1) is 43.1. The molecule has 0 fully saturated rings. The van der Waals surface area contributed by atoms with Gasteiger partial charge in [0.15, 0.2) is 6.04 Å². The smallest absolute Gasteiger partial charge is 0.328 e. The molecule has 0 aromatic heterocycles. The molecule has 272 valence electrons. The van der Waals surface area contributed by atoms with E-state index in [2.05, 4.69) is 31.9 Å². The minimum absolute atomic E-state index is 0.212. The number of rotatable bonds is 22. The highest BCUT2D eigenvalue weighted by atomic mass is 16.4. The monoisotopic (exact) mass is 691 g/mol. The van der Waals surface area contributed by atoms with Crippen LogP contribution in [0.2, 0.25) is 0 Å². The molecule has 22 nitrogen and oxygen atoms in total. The lowest BCUT2D eigenvalue weighted by Crippen LogP contribution is -2.57. The largest absolute Gasteiger partial charge is 0.480 e. The van der Waals surface area contributed by atoms with E-state index in [9.17, 15) is 58.5 Å². The van der Waals surface area contributed by atoms with Crippen LogP contribution in [0.25, 0.3) is 0 Å². The van der Waals surface area contributed by atoms with E-state index in [-0.39, 0.29) is 5.92 Å². The van der Waals surface area contributed by atoms with Gasteiger partial charge in [0, 0.05) is 0 Å². The van der Waals surface area contributed by atoms with E-state index in [1.54, 1.807) is 6.92 Å². The van der Waals surface area contributed by atoms with Crippen LogP contribution in [0.15, 0.2) is 0 Å². The lowest BCUT2D eigenvalue weighted by molar-refractivity contribution is -0.145. The summed E-state index contributed by atoms with van der Waals surface area (Å²) in [5.41, 5.74) is 10.9. The van der Waals surface area contributed by atoms with Gasteiger partial charge in [-0.2, -0.15) is 0 Å². The molecule has 0 aromatic rings. The maximum absolute atomic E-state index is 12.4. The Labute approximate surface area is 274 Å². The van der Waals surface area contributed by atoms with Crippen molar-refractivity contribution in [1.82, 2.24) is 37.2 Å². The molecule has 0 radical (unpaired) electrons. The predicted octanol–water partition coefficient (Wildman–Crippen LogP) is -8.03. The van der Waals surface area contributed by atoms with Gasteiger partial charge in [0.2, 0.25) is 47.3 Å². The number of carboxylic acid groups (broad SMARTS) is 1. The van der Waals surface area contributed by atoms with Crippen molar-refractivity contribution in [3.05, 3.63) is 0 Å². The van der Waals surface area contributed by atoms with Gasteiger partial charge in [0.1, 0.15) is 18.1 Å². The number of carbonyl (C=O) groups is 9. The van der Waals surface area contributed by atoms with Crippen molar-refractivity contribution in [2.24, 2.45) is 17.4 Å². The average molecular weight is 692 g/mol. The Morgan fingerprint density at radius 2 is 1.10 bits per heavy atom. The Kier molecular flexibility index (Phi) is 19.5. The third-order valence-electron chi connectivity index (χ3n) is 6.61. The molecule has 0 saturated carbocycles. The first-order valence-corrected chi connectivity index (χ1v) is 14.6. The Morgan fingerprint density at radius 3 is 1.54 bits per heavy atom. The molecular formula is C26H45N9O13. The quantitative estimate of drug-likeness (QED) is 0.0501. The zero-order chi connectivity index (χ0) is 37.1. The number of hydrogen-bond acceptors (Lipinski definition) is 13. The van der Waals surface area contributed by atoms with E-state index in [0.29, 0.717) is 6.42 Å². The summed E-state index contributed by atoms with van der Waals surface area (Å²) in [6.07, 6.45) is -1.70. The van der Waals surface area contributed by atoms with E-state index in [4.69, 9.17) is 16.6 Å². The van der Waals surface area contributed by atoms with E-state index in [1.807, 2.05) is 12.2 Å². The zero-order valence-electron chi connectivity index (χ0n) is 26.6. The molecule has 0 aliphatic carbocycles. The molecule has 0 aliphatic heterocycles. The van der Waals surface area contributed by atoms with Crippen LogP contribution in [-0.2, 0) is 43.2 Å². The van der Waals surface area contributed by atoms with Crippen molar-refractivity contribution in [2.75, 3.05) is 32.8 Å². The molecular weight excluding hydrogens is 646 g/mol. The SMILES string of the molecule is CC[C@H](C)[C@H](N)C(=O)N[C@@H](CO)C(=O)NCC(=O)N[C@@H](CO)C(=O)NCC(=O)NCC(=O)N[C@@H](CC(N)=O)C(=O)N[C@H](C(=O)O)[C@@H](C)O. The van der Waals surface area contributed by atoms with Crippen molar-refractivity contribution >= 4 is 53.2 Å². The highest BCUT2D eigenvalue weighted by molar-refractivity contribution is 5.96. The third-order valence-corrected chi connectivity index (χ3v) is 6.61. The normalized spacial score (nSPS) is 15.1. The predicted molar refractivity (Wildman–Crippen MR) is 161 cm³/mol. The Balaban J connectivity index is 4.87. The number of carbonyl (C=O) groups excluding carboxylic acids is 8. The van der Waals surface area contributed by atoms with Crippen LogP contribution in [0, 0.1) is 5.92 Å². The molecule has 0 saturated heterocycles. The highest BCUT2D eigenvalue weighted by Gasteiger charge is 2.31. The summed E-state index contributed by atoms with van der Waals surface area (Å²) in [6, 6.07) is -7.39. The Morgan fingerprint density at radius 1 is 0.646 bits per heavy atom. The van der Waals surface area contributed by atoms with Crippen molar-refractivity contribution in [1.29, 1.82) is 0 Å². The summed E-state index contributed by atoms with van der Waals surface area (Å²) < 4.78 is 0. The third kappa shape index (κ3) is 16.1. The van der Waals surface area contributed by atoms with Gasteiger partial charge in [-0.15, -0.1) is 0 Å². The van der Waals surface area contributed by atoms with E-state index < -0.39 is 129 Å². The average Bonchev–Trinajstić information content (AvgIpc) is 3.03. The highest BCUT2D eigenvalue weighted by Crippen LogP contribution is 2.05. The van der Waals surface area contributed by atoms with Gasteiger partial charge in [0.25, 0.3) is 0 Å². The number of primary amides is 1. The molecule has 48 heavy (non-hydrogen) atoms. The van der Waals surface area contributed by atoms with Gasteiger partial charge in [-0.05, 0) is 12.8 Å². The second-order valence-electron chi connectivity index (χ2n) is 10.5. The van der Waals surface area contributed by atoms with Crippen LogP contribution in [0.3, 0.4) is 0 Å². The molecule has 0 aliphatic rings. The molecule has 8 amide bonds.